The zero-order chi connectivity index (χ0) is 13.5. The molecule has 0 fully saturated rings. The van der Waals surface area contributed by atoms with Crippen molar-refractivity contribution in [1.82, 2.24) is 4.98 Å². The number of anilines is 1. The van der Waals surface area contributed by atoms with Crippen molar-refractivity contribution in [1.29, 1.82) is 0 Å². The van der Waals surface area contributed by atoms with Crippen LogP contribution in [-0.2, 0) is 5.41 Å². The smallest absolute Gasteiger partial charge is 0.0913 e. The van der Waals surface area contributed by atoms with E-state index in [4.69, 9.17) is 29.0 Å². The second kappa shape index (κ2) is 4.57. The van der Waals surface area contributed by atoms with Gasteiger partial charge in [-0.25, -0.2) is 0 Å². The number of nitrogens with two attached hydrogens (primary N) is 1. The summed E-state index contributed by atoms with van der Waals surface area (Å²) in [6, 6.07) is 5.41. The van der Waals surface area contributed by atoms with E-state index < -0.39 is 0 Å². The number of aromatic nitrogens is 1. The largest absolute Gasteiger partial charge is 0.323 e. The zero-order valence-electron chi connectivity index (χ0n) is 10.5. The first-order valence-electron chi connectivity index (χ1n) is 5.60. The van der Waals surface area contributed by atoms with Gasteiger partial charge < -0.3 is 5.43 Å². The molecular formula is C13H15Cl2N3. The van der Waals surface area contributed by atoms with E-state index in [2.05, 4.69) is 31.2 Å². The Morgan fingerprint density at radius 3 is 2.39 bits per heavy atom. The highest BCUT2D eigenvalue weighted by Crippen LogP contribution is 2.34. The highest BCUT2D eigenvalue weighted by atomic mass is 35.5. The first kappa shape index (κ1) is 13.4. The molecule has 1 aromatic carbocycles. The number of rotatable bonds is 1. The summed E-state index contributed by atoms with van der Waals surface area (Å²) in [6.45, 7) is 6.27. The fourth-order valence-electron chi connectivity index (χ4n) is 1.76. The predicted molar refractivity (Wildman–Crippen MR) is 78.3 cm³/mol. The van der Waals surface area contributed by atoms with Gasteiger partial charge in [-0.05, 0) is 18.2 Å². The normalized spacial score (nSPS) is 11.9. The molecule has 0 aliphatic carbocycles. The Bertz CT molecular complexity index is 603. The minimum Gasteiger partial charge on any atom is -0.323 e. The lowest BCUT2D eigenvalue weighted by atomic mass is 9.91. The fourth-order valence-corrected chi connectivity index (χ4v) is 2.29. The summed E-state index contributed by atoms with van der Waals surface area (Å²) in [7, 11) is 0. The lowest BCUT2D eigenvalue weighted by Gasteiger charge is -2.20. The first-order valence-corrected chi connectivity index (χ1v) is 6.35. The van der Waals surface area contributed by atoms with Crippen molar-refractivity contribution in [2.45, 2.75) is 26.2 Å². The molecule has 0 spiro atoms. The Morgan fingerprint density at radius 1 is 1.17 bits per heavy atom. The van der Waals surface area contributed by atoms with E-state index in [0.29, 0.717) is 15.6 Å². The molecule has 2 aromatic rings. The molecule has 3 N–H and O–H groups in total. The van der Waals surface area contributed by atoms with Crippen molar-refractivity contribution in [2.75, 3.05) is 5.43 Å². The van der Waals surface area contributed by atoms with Crippen LogP contribution >= 0.6 is 23.2 Å². The van der Waals surface area contributed by atoms with Gasteiger partial charge in [0.1, 0.15) is 0 Å². The minimum atomic E-state index is -0.0806. The van der Waals surface area contributed by atoms with Crippen LogP contribution in [0, 0.1) is 0 Å². The van der Waals surface area contributed by atoms with Crippen molar-refractivity contribution >= 4 is 39.8 Å². The molecule has 0 radical (unpaired) electrons. The third kappa shape index (κ3) is 2.39. The molecule has 2 rings (SSSR count). The lowest BCUT2D eigenvalue weighted by molar-refractivity contribution is 0.572. The van der Waals surface area contributed by atoms with Crippen LogP contribution in [0.4, 0.5) is 5.69 Å². The van der Waals surface area contributed by atoms with Gasteiger partial charge in [0.2, 0.25) is 0 Å². The third-order valence-electron chi connectivity index (χ3n) is 2.76. The van der Waals surface area contributed by atoms with Gasteiger partial charge in [0.25, 0.3) is 0 Å². The molecule has 0 saturated heterocycles. The quantitative estimate of drug-likeness (QED) is 0.611. The van der Waals surface area contributed by atoms with Crippen LogP contribution in [-0.4, -0.2) is 4.98 Å². The van der Waals surface area contributed by atoms with Crippen molar-refractivity contribution in [3.05, 3.63) is 33.9 Å². The molecule has 18 heavy (non-hydrogen) atoms. The topological polar surface area (TPSA) is 50.9 Å². The van der Waals surface area contributed by atoms with Crippen LogP contribution in [0.3, 0.4) is 0 Å². The molecule has 1 aromatic heterocycles. The van der Waals surface area contributed by atoms with Gasteiger partial charge in [-0.3, -0.25) is 10.8 Å². The van der Waals surface area contributed by atoms with Gasteiger partial charge in [-0.15, -0.1) is 0 Å². The highest BCUT2D eigenvalue weighted by Gasteiger charge is 2.19. The van der Waals surface area contributed by atoms with Crippen LogP contribution in [0.25, 0.3) is 10.9 Å². The maximum atomic E-state index is 6.20. The monoisotopic (exact) mass is 283 g/mol. The van der Waals surface area contributed by atoms with E-state index in [1.807, 2.05) is 6.07 Å². The van der Waals surface area contributed by atoms with Gasteiger partial charge >= 0.3 is 0 Å². The van der Waals surface area contributed by atoms with E-state index in [-0.39, 0.29) is 5.41 Å². The summed E-state index contributed by atoms with van der Waals surface area (Å²) >= 11 is 12.2. The van der Waals surface area contributed by atoms with Crippen molar-refractivity contribution in [2.24, 2.45) is 5.84 Å². The second-order valence-corrected chi connectivity index (χ2v) is 6.08. The predicted octanol–water partition coefficient (Wildman–Crippen LogP) is 4.12. The molecule has 0 amide bonds. The number of nitrogens with zero attached hydrogens (tertiary/aromatic N) is 1. The molecule has 0 saturated carbocycles. The van der Waals surface area contributed by atoms with Crippen molar-refractivity contribution in [3.8, 4) is 0 Å². The molecule has 3 nitrogen and oxygen atoms in total. The first-order chi connectivity index (χ1) is 8.32. The Morgan fingerprint density at radius 2 is 1.83 bits per heavy atom. The Balaban J connectivity index is 2.84. The van der Waals surface area contributed by atoms with Crippen molar-refractivity contribution < 1.29 is 0 Å². The second-order valence-electron chi connectivity index (χ2n) is 5.23. The van der Waals surface area contributed by atoms with Crippen LogP contribution in [0.15, 0.2) is 18.2 Å². The number of nitrogen functional groups attached to an aromatic ring is 1. The van der Waals surface area contributed by atoms with Crippen LogP contribution in [0.2, 0.25) is 10.0 Å². The molecule has 0 aliphatic rings. The van der Waals surface area contributed by atoms with E-state index >= 15 is 0 Å². The lowest BCUT2D eigenvalue weighted by Crippen LogP contribution is -2.16. The summed E-state index contributed by atoms with van der Waals surface area (Å²) in [4.78, 5) is 4.61. The van der Waals surface area contributed by atoms with E-state index in [1.54, 1.807) is 12.1 Å². The molecule has 1 heterocycles. The SMILES string of the molecule is CC(C)(C)c1cc(NN)c2cc(Cl)cc(Cl)c2n1. The Kier molecular flexibility index (Phi) is 3.41. The number of pyridine rings is 1. The molecule has 96 valence electrons. The molecule has 5 heteroatoms. The molecular weight excluding hydrogens is 269 g/mol. The standard InChI is InChI=1S/C13H15Cl2N3/c1-13(2,3)11-6-10(18-16)8-4-7(14)5-9(15)12(8)17-11/h4-6H,16H2,1-3H3,(H,17,18). The van der Waals surface area contributed by atoms with Crippen LogP contribution in [0.1, 0.15) is 26.5 Å². The van der Waals surface area contributed by atoms with Crippen LogP contribution < -0.4 is 11.3 Å². The van der Waals surface area contributed by atoms with Crippen molar-refractivity contribution in [3.63, 3.8) is 0 Å². The Hall–Kier alpha value is -1.03. The molecule has 0 atom stereocenters. The number of fused-ring (bicyclic) bond motifs is 1. The maximum Gasteiger partial charge on any atom is 0.0913 e. The van der Waals surface area contributed by atoms with Crippen LogP contribution in [0.5, 0.6) is 0 Å². The number of halogens is 2. The average Bonchev–Trinajstić information content (AvgIpc) is 2.26. The fraction of sp³-hybridized carbons (Fsp3) is 0.308. The number of benzene rings is 1. The van der Waals surface area contributed by atoms with Gasteiger partial charge in [-0.2, -0.15) is 0 Å². The van der Waals surface area contributed by atoms with E-state index in [0.717, 1.165) is 16.8 Å². The van der Waals surface area contributed by atoms with Gasteiger partial charge in [-0.1, -0.05) is 44.0 Å². The van der Waals surface area contributed by atoms with Gasteiger partial charge in [0.15, 0.2) is 0 Å². The molecule has 0 unspecified atom stereocenters. The summed E-state index contributed by atoms with van der Waals surface area (Å²) < 4.78 is 0. The third-order valence-corrected chi connectivity index (χ3v) is 3.26. The van der Waals surface area contributed by atoms with Gasteiger partial charge in [0, 0.05) is 21.5 Å². The number of hydrazine groups is 1. The summed E-state index contributed by atoms with van der Waals surface area (Å²) in [5.74, 6) is 5.56. The zero-order valence-corrected chi connectivity index (χ0v) is 12.0. The highest BCUT2D eigenvalue weighted by molar-refractivity contribution is 6.38. The molecule has 0 aliphatic heterocycles. The van der Waals surface area contributed by atoms with E-state index in [1.165, 1.54) is 0 Å². The maximum absolute atomic E-state index is 6.20. The number of hydrogen-bond donors (Lipinski definition) is 2. The minimum absolute atomic E-state index is 0.0806. The molecule has 0 bridgehead atoms. The Labute approximate surface area is 116 Å². The number of hydrogen-bond acceptors (Lipinski definition) is 3. The average molecular weight is 284 g/mol. The summed E-state index contributed by atoms with van der Waals surface area (Å²) in [5.41, 5.74) is 5.00. The summed E-state index contributed by atoms with van der Waals surface area (Å²) in [5, 5.41) is 1.91. The summed E-state index contributed by atoms with van der Waals surface area (Å²) in [6.07, 6.45) is 0. The van der Waals surface area contributed by atoms with E-state index in [9.17, 15) is 0 Å². The number of nitrogens with one attached hydrogen (secondary N) is 1. The van der Waals surface area contributed by atoms with Gasteiger partial charge in [0.05, 0.1) is 16.2 Å².